The molecule has 3 aliphatic rings. The normalized spacial score (nSPS) is 38.5. The van der Waals surface area contributed by atoms with Gasteiger partial charge in [-0.15, -0.1) is 0 Å². The van der Waals surface area contributed by atoms with Gasteiger partial charge in [-0.3, -0.25) is 4.79 Å². The van der Waals surface area contributed by atoms with Crippen LogP contribution in [0.2, 0.25) is 0 Å². The number of oxime groups is 1. The molecule has 2 fully saturated rings. The second kappa shape index (κ2) is 4.58. The van der Waals surface area contributed by atoms with Crippen LogP contribution in [0.3, 0.4) is 0 Å². The maximum atomic E-state index is 12.5. The SMILES string of the molecule is C[C@]12CCC3c4ccc(O)cc4CCC3C1C/C(=N\O)C2=O. The van der Waals surface area contributed by atoms with Gasteiger partial charge in [-0.1, -0.05) is 18.1 Å². The Morgan fingerprint density at radius 2 is 2.14 bits per heavy atom. The van der Waals surface area contributed by atoms with E-state index in [-0.39, 0.29) is 17.1 Å². The third kappa shape index (κ3) is 1.70. The van der Waals surface area contributed by atoms with E-state index in [1.165, 1.54) is 11.1 Å². The van der Waals surface area contributed by atoms with Crippen molar-refractivity contribution in [1.82, 2.24) is 0 Å². The molecule has 1 aromatic rings. The molecule has 1 aromatic carbocycles. The van der Waals surface area contributed by atoms with Crippen molar-refractivity contribution in [3.8, 4) is 5.75 Å². The third-order valence-electron chi connectivity index (χ3n) is 6.41. The van der Waals surface area contributed by atoms with Crippen molar-refractivity contribution in [3.63, 3.8) is 0 Å². The number of Topliss-reactive ketones (excluding diaryl/α,β-unsaturated/α-hetero) is 1. The number of hydrogen-bond acceptors (Lipinski definition) is 4. The Labute approximate surface area is 129 Å². The summed E-state index contributed by atoms with van der Waals surface area (Å²) in [6.07, 6.45) is 4.47. The van der Waals surface area contributed by atoms with Gasteiger partial charge >= 0.3 is 0 Å². The Balaban J connectivity index is 1.74. The van der Waals surface area contributed by atoms with Crippen molar-refractivity contribution in [3.05, 3.63) is 29.3 Å². The van der Waals surface area contributed by atoms with Crippen molar-refractivity contribution in [2.45, 2.75) is 44.9 Å². The van der Waals surface area contributed by atoms with Gasteiger partial charge in [-0.25, -0.2) is 0 Å². The number of carbonyl (C=O) groups excluding carboxylic acids is 1. The lowest BCUT2D eigenvalue weighted by molar-refractivity contribution is -0.125. The minimum Gasteiger partial charge on any atom is -0.508 e. The first-order valence-electron chi connectivity index (χ1n) is 8.12. The predicted molar refractivity (Wildman–Crippen MR) is 82.3 cm³/mol. The number of carbonyl (C=O) groups is 1. The second-order valence-electron chi connectivity index (χ2n) is 7.33. The highest BCUT2D eigenvalue weighted by atomic mass is 16.4. The third-order valence-corrected chi connectivity index (χ3v) is 6.41. The highest BCUT2D eigenvalue weighted by molar-refractivity contribution is 6.43. The average Bonchev–Trinajstić information content (AvgIpc) is 2.78. The molecule has 0 saturated heterocycles. The highest BCUT2D eigenvalue weighted by Crippen LogP contribution is 2.59. The van der Waals surface area contributed by atoms with E-state index in [0.29, 0.717) is 29.7 Å². The molecule has 3 aliphatic carbocycles. The quantitative estimate of drug-likeness (QED) is 0.570. The van der Waals surface area contributed by atoms with E-state index in [4.69, 9.17) is 5.21 Å². The Bertz CT molecular complexity index is 681. The summed E-state index contributed by atoms with van der Waals surface area (Å²) in [6, 6.07) is 5.72. The van der Waals surface area contributed by atoms with Crippen LogP contribution in [-0.2, 0) is 11.2 Å². The van der Waals surface area contributed by atoms with Crippen molar-refractivity contribution < 1.29 is 15.1 Å². The van der Waals surface area contributed by atoms with Crippen molar-refractivity contribution >= 4 is 11.5 Å². The summed E-state index contributed by atoms with van der Waals surface area (Å²) in [5.74, 6) is 1.61. The summed E-state index contributed by atoms with van der Waals surface area (Å²) in [6.45, 7) is 2.06. The lowest BCUT2D eigenvalue weighted by Gasteiger charge is -2.47. The molecule has 4 nitrogen and oxygen atoms in total. The van der Waals surface area contributed by atoms with E-state index in [0.717, 1.165) is 25.7 Å². The maximum Gasteiger partial charge on any atom is 0.186 e. The largest absolute Gasteiger partial charge is 0.508 e. The van der Waals surface area contributed by atoms with Gasteiger partial charge in [0, 0.05) is 11.8 Å². The Kier molecular flexibility index (Phi) is 2.87. The van der Waals surface area contributed by atoms with Crippen molar-refractivity contribution in [2.75, 3.05) is 0 Å². The second-order valence-corrected chi connectivity index (χ2v) is 7.33. The van der Waals surface area contributed by atoms with E-state index in [2.05, 4.69) is 18.1 Å². The number of nitrogens with zero attached hydrogens (tertiary/aromatic N) is 1. The molecule has 22 heavy (non-hydrogen) atoms. The lowest BCUT2D eigenvalue weighted by Crippen LogP contribution is -2.42. The van der Waals surface area contributed by atoms with Crippen LogP contribution in [0.25, 0.3) is 0 Å². The molecule has 0 bridgehead atoms. The molecule has 0 aromatic heterocycles. The Hall–Kier alpha value is -1.84. The topological polar surface area (TPSA) is 69.9 Å². The van der Waals surface area contributed by atoms with Gasteiger partial charge in [-0.05, 0) is 66.7 Å². The zero-order chi connectivity index (χ0) is 15.5. The summed E-state index contributed by atoms with van der Waals surface area (Å²) in [4.78, 5) is 12.5. The number of fused-ring (bicyclic) bond motifs is 5. The van der Waals surface area contributed by atoms with Gasteiger partial charge in [0.2, 0.25) is 0 Å². The Morgan fingerprint density at radius 3 is 2.91 bits per heavy atom. The van der Waals surface area contributed by atoms with E-state index >= 15 is 0 Å². The molecule has 0 aliphatic heterocycles. The first-order valence-corrected chi connectivity index (χ1v) is 8.12. The number of benzene rings is 1. The number of phenolic OH excluding ortho intramolecular Hbond substituents is 1. The maximum absolute atomic E-state index is 12.5. The molecule has 116 valence electrons. The molecular weight excluding hydrogens is 278 g/mol. The lowest BCUT2D eigenvalue weighted by atomic mass is 9.55. The van der Waals surface area contributed by atoms with Crippen LogP contribution in [0.5, 0.6) is 5.75 Å². The summed E-state index contributed by atoms with van der Waals surface area (Å²) < 4.78 is 0. The molecule has 2 N–H and O–H groups in total. The van der Waals surface area contributed by atoms with E-state index in [9.17, 15) is 9.90 Å². The van der Waals surface area contributed by atoms with Crippen molar-refractivity contribution in [1.29, 1.82) is 0 Å². The van der Waals surface area contributed by atoms with Gasteiger partial charge in [0.25, 0.3) is 0 Å². The van der Waals surface area contributed by atoms with E-state index in [1.807, 2.05) is 6.07 Å². The van der Waals surface area contributed by atoms with Crippen LogP contribution >= 0.6 is 0 Å². The first-order chi connectivity index (χ1) is 10.5. The minimum absolute atomic E-state index is 0.0509. The molecular formula is C18H21NO3. The number of aromatic hydroxyl groups is 1. The fourth-order valence-electron chi connectivity index (χ4n) is 5.26. The molecule has 2 saturated carbocycles. The minimum atomic E-state index is -0.350. The molecule has 0 amide bonds. The molecule has 4 atom stereocenters. The molecule has 4 heteroatoms. The molecule has 4 rings (SSSR count). The number of phenols is 1. The van der Waals surface area contributed by atoms with Gasteiger partial charge < -0.3 is 10.3 Å². The van der Waals surface area contributed by atoms with E-state index < -0.39 is 0 Å². The molecule has 0 heterocycles. The highest BCUT2D eigenvalue weighted by Gasteiger charge is 2.57. The van der Waals surface area contributed by atoms with Gasteiger partial charge in [-0.2, -0.15) is 0 Å². The van der Waals surface area contributed by atoms with Gasteiger partial charge in [0.1, 0.15) is 11.5 Å². The monoisotopic (exact) mass is 299 g/mol. The summed E-state index contributed by atoms with van der Waals surface area (Å²) in [7, 11) is 0. The number of rotatable bonds is 0. The van der Waals surface area contributed by atoms with Crippen LogP contribution in [0.1, 0.15) is 49.7 Å². The molecule has 3 unspecified atom stereocenters. The van der Waals surface area contributed by atoms with Crippen molar-refractivity contribution in [2.24, 2.45) is 22.4 Å². The van der Waals surface area contributed by atoms with Crippen LogP contribution < -0.4 is 0 Å². The average molecular weight is 299 g/mol. The molecule has 0 radical (unpaired) electrons. The smallest absolute Gasteiger partial charge is 0.186 e. The summed E-state index contributed by atoms with van der Waals surface area (Å²) in [5, 5.41) is 22.1. The number of hydrogen-bond donors (Lipinski definition) is 2. The number of ketones is 1. The summed E-state index contributed by atoms with van der Waals surface area (Å²) >= 11 is 0. The molecule has 0 spiro atoms. The zero-order valence-corrected chi connectivity index (χ0v) is 12.7. The standard InChI is InChI=1S/C18H21NO3/c1-18-7-6-13-12-5-3-11(20)8-10(12)2-4-14(13)15(18)9-16(19-22)17(18)21/h3,5,8,13-15,20,22H,2,4,6-7,9H2,1H3/b19-16+/t13?,14?,15?,18-/m0/s1. The fourth-order valence-corrected chi connectivity index (χ4v) is 5.26. The van der Waals surface area contributed by atoms with Crippen LogP contribution in [0.4, 0.5) is 0 Å². The van der Waals surface area contributed by atoms with Crippen LogP contribution in [0, 0.1) is 17.3 Å². The Morgan fingerprint density at radius 1 is 1.32 bits per heavy atom. The number of aryl methyl sites for hydroxylation is 1. The zero-order valence-electron chi connectivity index (χ0n) is 12.7. The van der Waals surface area contributed by atoms with Crippen LogP contribution in [-0.4, -0.2) is 21.8 Å². The van der Waals surface area contributed by atoms with Gasteiger partial charge in [0.05, 0.1) is 0 Å². The fraction of sp³-hybridized carbons (Fsp3) is 0.556. The van der Waals surface area contributed by atoms with Crippen LogP contribution in [0.15, 0.2) is 23.4 Å². The first kappa shape index (κ1) is 13.8. The van der Waals surface area contributed by atoms with Gasteiger partial charge in [0.15, 0.2) is 5.78 Å². The predicted octanol–water partition coefficient (Wildman–Crippen LogP) is 3.26. The van der Waals surface area contributed by atoms with E-state index in [1.54, 1.807) is 6.07 Å². The summed E-state index contributed by atoms with van der Waals surface area (Å²) in [5.41, 5.74) is 2.62.